The Labute approximate surface area is 114 Å². The maximum absolute atomic E-state index is 4.64. The molecule has 1 aromatic heterocycles. The van der Waals surface area contributed by atoms with Gasteiger partial charge in [0.25, 0.3) is 0 Å². The SMILES string of the molecule is Cc1ccnc(N2C3CCC2CC(=C2CCC2)C3)n1. The highest BCUT2D eigenvalue weighted by molar-refractivity contribution is 5.41. The third-order valence-electron chi connectivity index (χ3n) is 5.05. The minimum atomic E-state index is 0.656. The molecule has 1 aromatic rings. The fourth-order valence-corrected chi connectivity index (χ4v) is 3.90. The molecule has 2 aliphatic heterocycles. The Balaban J connectivity index is 1.63. The second kappa shape index (κ2) is 4.32. The number of fused-ring (bicyclic) bond motifs is 2. The molecule has 0 spiro atoms. The van der Waals surface area contributed by atoms with Crippen molar-refractivity contribution in [3.63, 3.8) is 0 Å². The zero-order chi connectivity index (χ0) is 12.8. The van der Waals surface area contributed by atoms with Gasteiger partial charge in [-0.1, -0.05) is 11.1 Å². The number of aryl methyl sites for hydroxylation is 1. The molecule has 0 N–H and O–H groups in total. The maximum atomic E-state index is 4.64. The van der Waals surface area contributed by atoms with Crippen LogP contribution in [0.2, 0.25) is 0 Å². The molecular weight excluding hydrogens is 234 g/mol. The lowest BCUT2D eigenvalue weighted by molar-refractivity contribution is 0.514. The summed E-state index contributed by atoms with van der Waals surface area (Å²) in [5.74, 6) is 0.963. The Morgan fingerprint density at radius 2 is 1.84 bits per heavy atom. The van der Waals surface area contributed by atoms with Crippen LogP contribution < -0.4 is 4.90 Å². The second-order valence-electron chi connectivity index (χ2n) is 6.26. The van der Waals surface area contributed by atoms with E-state index in [0.717, 1.165) is 11.6 Å². The average molecular weight is 255 g/mol. The van der Waals surface area contributed by atoms with E-state index in [-0.39, 0.29) is 0 Å². The van der Waals surface area contributed by atoms with Crippen molar-refractivity contribution in [2.24, 2.45) is 0 Å². The lowest BCUT2D eigenvalue weighted by Gasteiger charge is -2.38. The number of anilines is 1. The largest absolute Gasteiger partial charge is 0.334 e. The second-order valence-corrected chi connectivity index (χ2v) is 6.26. The topological polar surface area (TPSA) is 29.0 Å². The monoisotopic (exact) mass is 255 g/mol. The van der Waals surface area contributed by atoms with Gasteiger partial charge in [-0.15, -0.1) is 0 Å². The summed E-state index contributed by atoms with van der Waals surface area (Å²) in [6, 6.07) is 3.30. The number of hydrogen-bond donors (Lipinski definition) is 0. The first-order chi connectivity index (χ1) is 9.31. The van der Waals surface area contributed by atoms with Gasteiger partial charge in [-0.2, -0.15) is 0 Å². The number of hydrogen-bond acceptors (Lipinski definition) is 3. The molecule has 1 saturated carbocycles. The van der Waals surface area contributed by atoms with Crippen molar-refractivity contribution < 1.29 is 0 Å². The van der Waals surface area contributed by atoms with E-state index in [1.54, 1.807) is 11.1 Å². The molecule has 3 aliphatic rings. The van der Waals surface area contributed by atoms with Crippen LogP contribution in [0.4, 0.5) is 5.95 Å². The molecule has 0 aromatic carbocycles. The van der Waals surface area contributed by atoms with E-state index in [1.807, 2.05) is 12.3 Å². The van der Waals surface area contributed by atoms with Crippen molar-refractivity contribution in [1.29, 1.82) is 0 Å². The summed E-state index contributed by atoms with van der Waals surface area (Å²) in [6.45, 7) is 2.05. The highest BCUT2D eigenvalue weighted by Gasteiger charge is 2.40. The third-order valence-corrected chi connectivity index (χ3v) is 5.05. The summed E-state index contributed by atoms with van der Waals surface area (Å²) in [5, 5.41) is 0. The van der Waals surface area contributed by atoms with Gasteiger partial charge < -0.3 is 4.90 Å². The molecule has 4 rings (SSSR count). The van der Waals surface area contributed by atoms with E-state index >= 15 is 0 Å². The van der Waals surface area contributed by atoms with Crippen molar-refractivity contribution in [3.05, 3.63) is 29.1 Å². The molecule has 3 heteroatoms. The molecule has 100 valence electrons. The molecule has 0 amide bonds. The first-order valence-electron chi connectivity index (χ1n) is 7.59. The summed E-state index contributed by atoms with van der Waals surface area (Å²) in [4.78, 5) is 11.7. The lowest BCUT2D eigenvalue weighted by atomic mass is 9.82. The standard InChI is InChI=1S/C16H21N3/c1-11-7-8-17-16(18-11)19-14-5-6-15(19)10-13(9-14)12-3-2-4-12/h7-8,14-15H,2-6,9-10H2,1H3. The molecule has 1 aliphatic carbocycles. The van der Waals surface area contributed by atoms with Crippen molar-refractivity contribution in [2.75, 3.05) is 4.90 Å². The molecule has 3 heterocycles. The normalized spacial score (nSPS) is 29.6. The Hall–Kier alpha value is -1.38. The number of piperidine rings is 1. The average Bonchev–Trinajstić information content (AvgIpc) is 2.59. The predicted octanol–water partition coefficient (Wildman–Crippen LogP) is 3.40. The summed E-state index contributed by atoms with van der Waals surface area (Å²) in [6.07, 6.45) is 11.2. The molecule has 2 bridgehead atoms. The van der Waals surface area contributed by atoms with Crippen molar-refractivity contribution in [1.82, 2.24) is 9.97 Å². The van der Waals surface area contributed by atoms with Crippen molar-refractivity contribution in [2.45, 2.75) is 64.0 Å². The Kier molecular flexibility index (Phi) is 2.61. The molecule has 2 unspecified atom stereocenters. The smallest absolute Gasteiger partial charge is 0.226 e. The zero-order valence-corrected chi connectivity index (χ0v) is 11.6. The minimum Gasteiger partial charge on any atom is -0.334 e. The first-order valence-corrected chi connectivity index (χ1v) is 7.59. The van der Waals surface area contributed by atoms with Gasteiger partial charge in [-0.25, -0.2) is 9.97 Å². The van der Waals surface area contributed by atoms with Gasteiger partial charge in [0.2, 0.25) is 5.95 Å². The molecule has 19 heavy (non-hydrogen) atoms. The lowest BCUT2D eigenvalue weighted by Crippen LogP contribution is -2.42. The van der Waals surface area contributed by atoms with E-state index in [4.69, 9.17) is 0 Å². The molecular formula is C16H21N3. The van der Waals surface area contributed by atoms with Gasteiger partial charge >= 0.3 is 0 Å². The van der Waals surface area contributed by atoms with E-state index in [1.165, 1.54) is 44.9 Å². The van der Waals surface area contributed by atoms with E-state index < -0.39 is 0 Å². The van der Waals surface area contributed by atoms with E-state index in [9.17, 15) is 0 Å². The van der Waals surface area contributed by atoms with Gasteiger partial charge in [-0.3, -0.25) is 0 Å². The van der Waals surface area contributed by atoms with Crippen LogP contribution in [0.25, 0.3) is 0 Å². The van der Waals surface area contributed by atoms with Gasteiger partial charge in [0.15, 0.2) is 0 Å². The summed E-state index contributed by atoms with van der Waals surface area (Å²) >= 11 is 0. The quantitative estimate of drug-likeness (QED) is 0.720. The molecule has 2 atom stereocenters. The number of nitrogens with zero attached hydrogens (tertiary/aromatic N) is 3. The highest BCUT2D eigenvalue weighted by atomic mass is 15.3. The molecule has 0 radical (unpaired) electrons. The fourth-order valence-electron chi connectivity index (χ4n) is 3.90. The van der Waals surface area contributed by atoms with Crippen LogP contribution in [0.5, 0.6) is 0 Å². The van der Waals surface area contributed by atoms with Crippen LogP contribution in [0.3, 0.4) is 0 Å². The number of allylic oxidation sites excluding steroid dienone is 1. The number of rotatable bonds is 1. The van der Waals surface area contributed by atoms with E-state index in [2.05, 4.69) is 21.8 Å². The zero-order valence-electron chi connectivity index (χ0n) is 11.6. The third kappa shape index (κ3) is 1.87. The first kappa shape index (κ1) is 11.4. The highest BCUT2D eigenvalue weighted by Crippen LogP contribution is 2.44. The van der Waals surface area contributed by atoms with Crippen molar-refractivity contribution >= 4 is 5.95 Å². The van der Waals surface area contributed by atoms with Crippen molar-refractivity contribution in [3.8, 4) is 0 Å². The number of aromatic nitrogens is 2. The fraction of sp³-hybridized carbons (Fsp3) is 0.625. The Bertz CT molecular complexity index is 513. The van der Waals surface area contributed by atoms with Gasteiger partial charge in [-0.05, 0) is 57.9 Å². The summed E-state index contributed by atoms with van der Waals surface area (Å²) < 4.78 is 0. The van der Waals surface area contributed by atoms with Gasteiger partial charge in [0.1, 0.15) is 0 Å². The molecule has 3 nitrogen and oxygen atoms in total. The maximum Gasteiger partial charge on any atom is 0.226 e. The van der Waals surface area contributed by atoms with Crippen LogP contribution in [0, 0.1) is 6.92 Å². The molecule has 2 saturated heterocycles. The van der Waals surface area contributed by atoms with Crippen LogP contribution in [0.15, 0.2) is 23.4 Å². The van der Waals surface area contributed by atoms with Gasteiger partial charge in [0, 0.05) is 24.0 Å². The minimum absolute atomic E-state index is 0.656. The molecule has 3 fully saturated rings. The van der Waals surface area contributed by atoms with Crippen LogP contribution in [0.1, 0.15) is 50.6 Å². The predicted molar refractivity (Wildman–Crippen MR) is 76.2 cm³/mol. The van der Waals surface area contributed by atoms with Gasteiger partial charge in [0.05, 0.1) is 0 Å². The Morgan fingerprint density at radius 1 is 1.11 bits per heavy atom. The van der Waals surface area contributed by atoms with E-state index in [0.29, 0.717) is 12.1 Å². The van der Waals surface area contributed by atoms with Crippen LogP contribution in [-0.4, -0.2) is 22.1 Å². The Morgan fingerprint density at radius 3 is 2.42 bits per heavy atom. The summed E-state index contributed by atoms with van der Waals surface area (Å²) in [7, 11) is 0. The van der Waals surface area contributed by atoms with Crippen LogP contribution >= 0.6 is 0 Å². The summed E-state index contributed by atoms with van der Waals surface area (Å²) in [5.41, 5.74) is 4.64. The van der Waals surface area contributed by atoms with Crippen LogP contribution in [-0.2, 0) is 0 Å².